The van der Waals surface area contributed by atoms with Gasteiger partial charge in [0.05, 0.1) is 6.34 Å². The summed E-state index contributed by atoms with van der Waals surface area (Å²) in [5.74, 6) is 0.929. The molecular weight excluding hydrogens is 232 g/mol. The van der Waals surface area contributed by atoms with E-state index < -0.39 is 0 Å². The monoisotopic (exact) mass is 244 g/mol. The van der Waals surface area contributed by atoms with Gasteiger partial charge in [0.2, 0.25) is 0 Å². The van der Waals surface area contributed by atoms with Gasteiger partial charge in [-0.05, 0) is 5.56 Å². The van der Waals surface area contributed by atoms with E-state index in [1.54, 1.807) is 24.4 Å². The lowest BCUT2D eigenvalue weighted by molar-refractivity contribution is 0.659. The first-order valence-electron chi connectivity index (χ1n) is 5.47. The molecule has 2 atom stereocenters. The lowest BCUT2D eigenvalue weighted by Crippen LogP contribution is -2.39. The average Bonchev–Trinajstić information content (AvgIpc) is 2.86. The summed E-state index contributed by atoms with van der Waals surface area (Å²) < 4.78 is 0. The summed E-state index contributed by atoms with van der Waals surface area (Å²) in [7, 11) is 0. The summed E-state index contributed by atoms with van der Waals surface area (Å²) in [4.78, 5) is 12.8. The molecule has 2 unspecified atom stereocenters. The van der Waals surface area contributed by atoms with Crippen LogP contribution in [-0.4, -0.2) is 29.9 Å². The van der Waals surface area contributed by atoms with E-state index in [0.29, 0.717) is 0 Å². The van der Waals surface area contributed by atoms with Crippen LogP contribution in [0.3, 0.4) is 0 Å². The Labute approximate surface area is 104 Å². The molecule has 1 aromatic rings. The van der Waals surface area contributed by atoms with Crippen LogP contribution in [0.4, 0.5) is 0 Å². The topological polar surface area (TPSA) is 49.1 Å². The van der Waals surface area contributed by atoms with Gasteiger partial charge in [-0.2, -0.15) is 0 Å². The highest BCUT2D eigenvalue weighted by atomic mass is 32.2. The van der Waals surface area contributed by atoms with Crippen molar-refractivity contribution >= 4 is 29.5 Å². The molecule has 0 aliphatic carbocycles. The predicted octanol–water partition coefficient (Wildman–Crippen LogP) is 1.69. The molecule has 86 valence electrons. The highest BCUT2D eigenvalue weighted by molar-refractivity contribution is 8.13. The number of nitrogens with zero attached hydrogens (tertiary/aromatic N) is 3. The van der Waals surface area contributed by atoms with E-state index in [0.717, 1.165) is 10.8 Å². The average molecular weight is 244 g/mol. The van der Waals surface area contributed by atoms with E-state index in [-0.39, 0.29) is 12.2 Å². The van der Waals surface area contributed by atoms with Crippen LogP contribution >= 0.6 is 11.8 Å². The van der Waals surface area contributed by atoms with Crippen molar-refractivity contribution < 1.29 is 0 Å². The van der Waals surface area contributed by atoms with Gasteiger partial charge in [-0.3, -0.25) is 0 Å². The Balaban J connectivity index is 1.66. The van der Waals surface area contributed by atoms with Crippen molar-refractivity contribution in [3.8, 4) is 0 Å². The maximum Gasteiger partial charge on any atom is 0.169 e. The zero-order valence-corrected chi connectivity index (χ0v) is 9.97. The Bertz CT molecular complexity index is 481. The van der Waals surface area contributed by atoms with Gasteiger partial charge in [0.15, 0.2) is 6.17 Å². The smallest absolute Gasteiger partial charge is 0.169 e. The standard InChI is InChI=1S/C12H12N4S/c1-2-4-9(5-3-1)6-17-12-10-11(14-7-13-10)15-8-16-12/h1-5,7-8,10-11H,6H2,(H,13,14). The molecular formula is C12H12N4S. The largest absolute Gasteiger partial charge is 0.364 e. The van der Waals surface area contributed by atoms with Crippen molar-refractivity contribution in [1.82, 2.24) is 5.32 Å². The third kappa shape index (κ3) is 2.24. The zero-order chi connectivity index (χ0) is 11.5. The number of fused-ring (bicyclic) bond motifs is 1. The molecule has 4 nitrogen and oxygen atoms in total. The second-order valence-electron chi connectivity index (χ2n) is 3.84. The number of aliphatic imine (C=N–C) groups is 3. The molecule has 0 saturated carbocycles. The zero-order valence-electron chi connectivity index (χ0n) is 9.15. The van der Waals surface area contributed by atoms with Gasteiger partial charge < -0.3 is 5.32 Å². The van der Waals surface area contributed by atoms with Gasteiger partial charge in [-0.15, -0.1) is 11.8 Å². The molecule has 5 heteroatoms. The number of hydrogen-bond acceptors (Lipinski definition) is 5. The summed E-state index contributed by atoms with van der Waals surface area (Å²) in [5, 5.41) is 4.25. The van der Waals surface area contributed by atoms with E-state index >= 15 is 0 Å². The Hall–Kier alpha value is -1.62. The second-order valence-corrected chi connectivity index (χ2v) is 4.84. The van der Waals surface area contributed by atoms with Crippen LogP contribution in [0.2, 0.25) is 0 Å². The van der Waals surface area contributed by atoms with Crippen molar-refractivity contribution in [2.45, 2.75) is 18.0 Å². The number of nitrogens with one attached hydrogen (secondary N) is 1. The van der Waals surface area contributed by atoms with Gasteiger partial charge in [0.25, 0.3) is 0 Å². The number of benzene rings is 1. The molecule has 2 aliphatic rings. The van der Waals surface area contributed by atoms with Crippen molar-refractivity contribution in [1.29, 1.82) is 0 Å². The summed E-state index contributed by atoms with van der Waals surface area (Å²) in [6.45, 7) is 0. The van der Waals surface area contributed by atoms with E-state index in [9.17, 15) is 0 Å². The number of hydrogen-bond donors (Lipinski definition) is 1. The molecule has 2 aliphatic heterocycles. The van der Waals surface area contributed by atoms with Crippen molar-refractivity contribution in [3.63, 3.8) is 0 Å². The Kier molecular flexibility index (Phi) is 2.92. The second kappa shape index (κ2) is 4.71. The maximum absolute atomic E-state index is 4.33. The van der Waals surface area contributed by atoms with Crippen LogP contribution in [0, 0.1) is 0 Å². The van der Waals surface area contributed by atoms with Gasteiger partial charge in [-0.1, -0.05) is 30.3 Å². The molecule has 0 spiro atoms. The SMILES string of the molecule is C1=NC2N=CNC2C(SCc2ccccc2)=N1. The molecule has 17 heavy (non-hydrogen) atoms. The van der Waals surface area contributed by atoms with Crippen LogP contribution in [-0.2, 0) is 5.75 Å². The molecule has 0 aromatic heterocycles. The third-order valence-corrected chi connectivity index (χ3v) is 3.81. The van der Waals surface area contributed by atoms with E-state index in [1.807, 2.05) is 6.07 Å². The molecule has 2 heterocycles. The summed E-state index contributed by atoms with van der Waals surface area (Å²) in [5.41, 5.74) is 1.30. The van der Waals surface area contributed by atoms with E-state index in [1.165, 1.54) is 5.56 Å². The van der Waals surface area contributed by atoms with Crippen LogP contribution in [0.1, 0.15) is 5.56 Å². The Morgan fingerprint density at radius 3 is 2.94 bits per heavy atom. The van der Waals surface area contributed by atoms with E-state index in [2.05, 4.69) is 44.6 Å². The molecule has 0 fully saturated rings. The first-order valence-corrected chi connectivity index (χ1v) is 6.46. The minimum atomic E-state index is -0.0224. The summed E-state index contributed by atoms with van der Waals surface area (Å²) in [6.07, 6.45) is 3.31. The van der Waals surface area contributed by atoms with Crippen molar-refractivity contribution in [2.75, 3.05) is 0 Å². The van der Waals surface area contributed by atoms with Crippen LogP contribution in [0.25, 0.3) is 0 Å². The normalized spacial score (nSPS) is 25.3. The lowest BCUT2D eigenvalue weighted by Gasteiger charge is -2.19. The maximum atomic E-state index is 4.33. The van der Waals surface area contributed by atoms with Gasteiger partial charge in [0, 0.05) is 5.75 Å². The van der Waals surface area contributed by atoms with Crippen LogP contribution in [0.15, 0.2) is 45.3 Å². The first-order chi connectivity index (χ1) is 8.43. The van der Waals surface area contributed by atoms with E-state index in [4.69, 9.17) is 0 Å². The van der Waals surface area contributed by atoms with Crippen molar-refractivity contribution in [2.24, 2.45) is 15.0 Å². The van der Waals surface area contributed by atoms with Gasteiger partial charge in [0.1, 0.15) is 17.4 Å². The van der Waals surface area contributed by atoms with Crippen molar-refractivity contribution in [3.05, 3.63) is 35.9 Å². The molecule has 0 radical (unpaired) electrons. The fourth-order valence-corrected chi connectivity index (χ4v) is 2.79. The fraction of sp³-hybridized carbons (Fsp3) is 0.250. The Morgan fingerprint density at radius 2 is 2.06 bits per heavy atom. The summed E-state index contributed by atoms with van der Waals surface area (Å²) >= 11 is 1.74. The minimum absolute atomic E-state index is 0.0224. The number of rotatable bonds is 2. The number of thioether (sulfide) groups is 1. The summed E-state index contributed by atoms with van der Waals surface area (Å²) in [6, 6.07) is 10.5. The molecule has 0 amide bonds. The fourth-order valence-electron chi connectivity index (χ4n) is 1.79. The lowest BCUT2D eigenvalue weighted by atomic mass is 10.2. The van der Waals surface area contributed by atoms with Gasteiger partial charge in [-0.25, -0.2) is 15.0 Å². The highest BCUT2D eigenvalue weighted by Crippen LogP contribution is 2.21. The predicted molar refractivity (Wildman–Crippen MR) is 72.9 cm³/mol. The third-order valence-electron chi connectivity index (χ3n) is 2.68. The quantitative estimate of drug-likeness (QED) is 0.860. The molecule has 0 saturated heterocycles. The molecule has 1 N–H and O–H groups in total. The minimum Gasteiger partial charge on any atom is -0.364 e. The molecule has 3 rings (SSSR count). The first kappa shape index (κ1) is 10.5. The van der Waals surface area contributed by atoms with Crippen LogP contribution in [0.5, 0.6) is 0 Å². The van der Waals surface area contributed by atoms with Crippen LogP contribution < -0.4 is 5.32 Å². The Morgan fingerprint density at radius 1 is 1.18 bits per heavy atom. The highest BCUT2D eigenvalue weighted by Gasteiger charge is 2.30. The van der Waals surface area contributed by atoms with Gasteiger partial charge >= 0.3 is 0 Å². The molecule has 1 aromatic carbocycles. The molecule has 0 bridgehead atoms.